The zero-order chi connectivity index (χ0) is 15.4. The van der Waals surface area contributed by atoms with Gasteiger partial charge in [-0.05, 0) is 12.1 Å². The number of aliphatic hydroxyl groups excluding tert-OH is 2. The van der Waals surface area contributed by atoms with Gasteiger partial charge in [0, 0.05) is 0 Å². The lowest BCUT2D eigenvalue weighted by molar-refractivity contribution is -0.177. The lowest BCUT2D eigenvalue weighted by Crippen LogP contribution is -2.41. The van der Waals surface area contributed by atoms with Crippen LogP contribution in [0.25, 0.3) is 11.0 Å². The number of aromatic nitrogens is 2. The number of benzene rings is 1. The van der Waals surface area contributed by atoms with Crippen molar-refractivity contribution in [1.29, 1.82) is 0 Å². The molecular formula is C12H11Cl2FN2O4. The largest absolute Gasteiger partial charge is 0.394 e. The summed E-state index contributed by atoms with van der Waals surface area (Å²) in [6, 6.07) is 2.98. The second-order valence-electron chi connectivity index (χ2n) is 4.82. The Morgan fingerprint density at radius 1 is 1.38 bits per heavy atom. The summed E-state index contributed by atoms with van der Waals surface area (Å²) in [6.45, 7) is -0.637. The van der Waals surface area contributed by atoms with Crippen molar-refractivity contribution in [2.75, 3.05) is 6.61 Å². The third kappa shape index (κ3) is 2.30. The van der Waals surface area contributed by atoms with Crippen LogP contribution in [0.15, 0.2) is 12.1 Å². The molecule has 114 valence electrons. The lowest BCUT2D eigenvalue weighted by atomic mass is 10.1. The standard InChI is InChI=1S/C12H11Cl2FN2O4/c13-4-1-6-7(2-5(4)14)17-11(16-6)10-12(15,20)9(19)8(3-18)21-10/h1-2,8-10,18-20H,3H2,(H,16,17)/t8-,9-,10?,12-/m1/s1. The van der Waals surface area contributed by atoms with Crippen molar-refractivity contribution in [2.24, 2.45) is 0 Å². The van der Waals surface area contributed by atoms with Crippen LogP contribution >= 0.6 is 23.2 Å². The number of hydrogen-bond acceptors (Lipinski definition) is 5. The molecular weight excluding hydrogens is 326 g/mol. The van der Waals surface area contributed by atoms with Crippen LogP contribution in [0.2, 0.25) is 10.0 Å². The van der Waals surface area contributed by atoms with E-state index in [1.807, 2.05) is 0 Å². The first kappa shape index (κ1) is 15.0. The molecule has 3 rings (SSSR count). The molecule has 0 saturated carbocycles. The maximum absolute atomic E-state index is 14.2. The number of halogens is 3. The predicted octanol–water partition coefficient (Wildman–Crippen LogP) is 1.32. The van der Waals surface area contributed by atoms with Gasteiger partial charge >= 0.3 is 0 Å². The van der Waals surface area contributed by atoms with Crippen LogP contribution in [0.3, 0.4) is 0 Å². The molecule has 0 radical (unpaired) electrons. The summed E-state index contributed by atoms with van der Waals surface area (Å²) in [7, 11) is 0. The zero-order valence-electron chi connectivity index (χ0n) is 10.4. The fraction of sp³-hybridized carbons (Fsp3) is 0.417. The van der Waals surface area contributed by atoms with Gasteiger partial charge in [-0.25, -0.2) is 9.37 Å². The summed E-state index contributed by atoms with van der Waals surface area (Å²) < 4.78 is 19.4. The van der Waals surface area contributed by atoms with Gasteiger partial charge in [-0.2, -0.15) is 0 Å². The Kier molecular flexibility index (Phi) is 3.59. The third-order valence-corrected chi connectivity index (χ3v) is 4.14. The average molecular weight is 337 g/mol. The Hall–Kier alpha value is -0.960. The number of rotatable bonds is 2. The number of H-pyrrole nitrogens is 1. The van der Waals surface area contributed by atoms with Crippen LogP contribution in [-0.4, -0.2) is 50.0 Å². The van der Waals surface area contributed by atoms with Crippen molar-refractivity contribution in [3.05, 3.63) is 28.0 Å². The van der Waals surface area contributed by atoms with Gasteiger partial charge in [0.05, 0.1) is 27.7 Å². The smallest absolute Gasteiger partial charge is 0.269 e. The molecule has 0 spiro atoms. The van der Waals surface area contributed by atoms with E-state index in [9.17, 15) is 14.6 Å². The molecule has 4 N–H and O–H groups in total. The molecule has 2 heterocycles. The number of ether oxygens (including phenoxy) is 1. The van der Waals surface area contributed by atoms with Crippen LogP contribution in [0.4, 0.5) is 4.39 Å². The number of hydrogen-bond donors (Lipinski definition) is 4. The van der Waals surface area contributed by atoms with E-state index >= 15 is 0 Å². The van der Waals surface area contributed by atoms with Gasteiger partial charge in [0.15, 0.2) is 6.10 Å². The third-order valence-electron chi connectivity index (χ3n) is 3.42. The molecule has 21 heavy (non-hydrogen) atoms. The molecule has 9 heteroatoms. The van der Waals surface area contributed by atoms with Crippen molar-refractivity contribution >= 4 is 34.2 Å². The van der Waals surface area contributed by atoms with E-state index < -0.39 is 30.8 Å². The maximum atomic E-state index is 14.2. The normalized spacial score (nSPS) is 33.0. The van der Waals surface area contributed by atoms with E-state index in [-0.39, 0.29) is 15.9 Å². The molecule has 0 aliphatic carbocycles. The fourth-order valence-corrected chi connectivity index (χ4v) is 2.63. The lowest BCUT2D eigenvalue weighted by Gasteiger charge is -2.20. The van der Waals surface area contributed by atoms with Crippen molar-refractivity contribution in [1.82, 2.24) is 9.97 Å². The van der Waals surface area contributed by atoms with Crippen LogP contribution in [0.5, 0.6) is 0 Å². The highest BCUT2D eigenvalue weighted by atomic mass is 35.5. The summed E-state index contributed by atoms with van der Waals surface area (Å²) >= 11 is 11.7. The van der Waals surface area contributed by atoms with E-state index in [4.69, 9.17) is 33.0 Å². The Morgan fingerprint density at radius 2 is 2.05 bits per heavy atom. The van der Waals surface area contributed by atoms with Gasteiger partial charge in [0.1, 0.15) is 18.0 Å². The monoisotopic (exact) mass is 336 g/mol. The van der Waals surface area contributed by atoms with Gasteiger partial charge in [0.2, 0.25) is 0 Å². The van der Waals surface area contributed by atoms with Gasteiger partial charge in [-0.3, -0.25) is 0 Å². The van der Waals surface area contributed by atoms with Crippen molar-refractivity contribution < 1.29 is 24.4 Å². The Bertz CT molecular complexity index is 654. The Balaban J connectivity index is 2.04. The highest BCUT2D eigenvalue weighted by Crippen LogP contribution is 2.42. The molecule has 1 aliphatic heterocycles. The first-order valence-electron chi connectivity index (χ1n) is 6.05. The summed E-state index contributed by atoms with van der Waals surface area (Å²) in [6.07, 6.45) is -4.69. The van der Waals surface area contributed by atoms with Crippen LogP contribution in [0.1, 0.15) is 11.9 Å². The number of nitrogens with one attached hydrogen (secondary N) is 1. The number of aromatic amines is 1. The highest BCUT2D eigenvalue weighted by molar-refractivity contribution is 6.42. The summed E-state index contributed by atoms with van der Waals surface area (Å²) in [5.74, 6) is -3.11. The van der Waals surface area contributed by atoms with Crippen molar-refractivity contribution in [3.63, 3.8) is 0 Å². The first-order valence-corrected chi connectivity index (χ1v) is 6.80. The van der Waals surface area contributed by atoms with Crippen LogP contribution in [0, 0.1) is 0 Å². The molecule has 0 amide bonds. The summed E-state index contributed by atoms with van der Waals surface area (Å²) in [5.41, 5.74) is 0.876. The van der Waals surface area contributed by atoms with E-state index in [0.717, 1.165) is 0 Å². The van der Waals surface area contributed by atoms with Gasteiger partial charge in [0.25, 0.3) is 5.85 Å². The minimum Gasteiger partial charge on any atom is -0.394 e. The topological polar surface area (TPSA) is 98.6 Å². The molecule has 1 saturated heterocycles. The molecule has 1 fully saturated rings. The van der Waals surface area contributed by atoms with Crippen LogP contribution in [-0.2, 0) is 4.74 Å². The quantitative estimate of drug-likeness (QED) is 0.663. The van der Waals surface area contributed by atoms with Crippen LogP contribution < -0.4 is 0 Å². The van der Waals surface area contributed by atoms with Gasteiger partial charge < -0.3 is 25.0 Å². The second-order valence-corrected chi connectivity index (χ2v) is 5.63. The molecule has 1 aromatic heterocycles. The Labute approximate surface area is 128 Å². The first-order chi connectivity index (χ1) is 9.84. The maximum Gasteiger partial charge on any atom is 0.269 e. The minimum absolute atomic E-state index is 0.0386. The van der Waals surface area contributed by atoms with E-state index in [0.29, 0.717) is 11.0 Å². The van der Waals surface area contributed by atoms with E-state index in [1.54, 1.807) is 0 Å². The number of fused-ring (bicyclic) bond motifs is 1. The van der Waals surface area contributed by atoms with Gasteiger partial charge in [-0.1, -0.05) is 23.2 Å². The predicted molar refractivity (Wildman–Crippen MR) is 72.9 cm³/mol. The fourth-order valence-electron chi connectivity index (χ4n) is 2.31. The second kappa shape index (κ2) is 5.05. The summed E-state index contributed by atoms with van der Waals surface area (Å²) in [4.78, 5) is 6.83. The Morgan fingerprint density at radius 3 is 2.67 bits per heavy atom. The molecule has 6 nitrogen and oxygen atoms in total. The van der Waals surface area contributed by atoms with E-state index in [2.05, 4.69) is 9.97 Å². The number of aliphatic hydroxyl groups is 3. The molecule has 1 aromatic carbocycles. The summed E-state index contributed by atoms with van der Waals surface area (Å²) in [5, 5.41) is 28.9. The zero-order valence-corrected chi connectivity index (χ0v) is 11.9. The average Bonchev–Trinajstić information content (AvgIpc) is 2.90. The molecule has 0 bridgehead atoms. The van der Waals surface area contributed by atoms with Crippen molar-refractivity contribution in [3.8, 4) is 0 Å². The molecule has 2 aromatic rings. The van der Waals surface area contributed by atoms with E-state index in [1.165, 1.54) is 12.1 Å². The SMILES string of the molecule is OC[C@H]1OC(c2nc3cc(Cl)c(Cl)cc3[nH]2)[C@@](O)(F)[C@@H]1O. The number of imidazole rings is 1. The van der Waals surface area contributed by atoms with Crippen molar-refractivity contribution in [2.45, 2.75) is 24.2 Å². The van der Waals surface area contributed by atoms with Gasteiger partial charge in [-0.15, -0.1) is 0 Å². The molecule has 4 atom stereocenters. The molecule has 1 unspecified atom stereocenters. The number of nitrogens with zero attached hydrogens (tertiary/aromatic N) is 1. The molecule has 1 aliphatic rings. The highest BCUT2D eigenvalue weighted by Gasteiger charge is 2.58. The minimum atomic E-state index is -3.07. The number of alkyl halides is 1.